The number of imidazole rings is 1. The Kier molecular flexibility index (Phi) is 5.99. The molecule has 0 unspecified atom stereocenters. The van der Waals surface area contributed by atoms with Crippen LogP contribution in [-0.4, -0.2) is 28.5 Å². The zero-order chi connectivity index (χ0) is 21.8. The molecule has 7 nitrogen and oxygen atoms in total. The molecule has 8 heteroatoms. The van der Waals surface area contributed by atoms with Crippen molar-refractivity contribution in [3.63, 3.8) is 0 Å². The van der Waals surface area contributed by atoms with Crippen molar-refractivity contribution in [3.8, 4) is 16.5 Å². The molecule has 2 heterocycles. The van der Waals surface area contributed by atoms with E-state index in [0.717, 1.165) is 34.7 Å². The first-order valence-corrected chi connectivity index (χ1v) is 10.7. The second-order valence-corrected chi connectivity index (χ2v) is 7.93. The third kappa shape index (κ3) is 4.15. The molecule has 2 aromatic carbocycles. The van der Waals surface area contributed by atoms with Gasteiger partial charge in [0.2, 0.25) is 0 Å². The molecule has 158 valence electrons. The van der Waals surface area contributed by atoms with E-state index >= 15 is 0 Å². The minimum Gasteiger partial charge on any atom is -0.496 e. The van der Waals surface area contributed by atoms with Crippen LogP contribution in [0.4, 0.5) is 0 Å². The highest BCUT2D eigenvalue weighted by atomic mass is 32.1. The van der Waals surface area contributed by atoms with E-state index in [1.165, 1.54) is 18.4 Å². The molecule has 2 aromatic heterocycles. The molecule has 4 rings (SSSR count). The fourth-order valence-electron chi connectivity index (χ4n) is 3.37. The molecule has 0 aliphatic rings. The molecule has 4 aromatic rings. The molecule has 2 amide bonds. The standard InChI is InChI=1S/C23H22N4O3S/c1-3-14-27-17-10-6-5-9-16(17)24-21(27)19-12-13-20(31-19)23(29)26-25-22(28)15-8-4-7-11-18(15)30-2/h4-13H,3,14H2,1-2H3,(H,25,28)(H,26,29). The molecule has 0 radical (unpaired) electrons. The molecule has 31 heavy (non-hydrogen) atoms. The molecule has 0 bridgehead atoms. The fraction of sp³-hybridized carbons (Fsp3) is 0.174. The molecule has 0 saturated heterocycles. The van der Waals surface area contributed by atoms with Crippen LogP contribution in [0.25, 0.3) is 21.7 Å². The van der Waals surface area contributed by atoms with Gasteiger partial charge in [0, 0.05) is 6.54 Å². The number of nitrogens with one attached hydrogen (secondary N) is 2. The van der Waals surface area contributed by atoms with Gasteiger partial charge in [-0.15, -0.1) is 11.3 Å². The van der Waals surface area contributed by atoms with Gasteiger partial charge in [-0.2, -0.15) is 0 Å². The Morgan fingerprint density at radius 3 is 2.55 bits per heavy atom. The summed E-state index contributed by atoms with van der Waals surface area (Å²) in [6.07, 6.45) is 0.973. The van der Waals surface area contributed by atoms with E-state index in [2.05, 4.69) is 28.4 Å². The second kappa shape index (κ2) is 9.01. The number of carbonyl (C=O) groups excluding carboxylic acids is 2. The van der Waals surface area contributed by atoms with E-state index < -0.39 is 11.8 Å². The summed E-state index contributed by atoms with van der Waals surface area (Å²) in [5, 5.41) is 0. The summed E-state index contributed by atoms with van der Waals surface area (Å²) in [7, 11) is 1.49. The number of carbonyl (C=O) groups is 2. The zero-order valence-electron chi connectivity index (χ0n) is 17.2. The molecule has 0 aliphatic carbocycles. The van der Waals surface area contributed by atoms with Crippen LogP contribution in [0.5, 0.6) is 5.75 Å². The lowest BCUT2D eigenvalue weighted by atomic mass is 10.2. The number of methoxy groups -OCH3 is 1. The summed E-state index contributed by atoms with van der Waals surface area (Å²) in [6.45, 7) is 2.96. The van der Waals surface area contributed by atoms with Crippen molar-refractivity contribution in [2.45, 2.75) is 19.9 Å². The first kappa shape index (κ1) is 20.6. The summed E-state index contributed by atoms with van der Waals surface area (Å²) in [4.78, 5) is 31.1. The average molecular weight is 435 g/mol. The van der Waals surface area contributed by atoms with Gasteiger partial charge in [0.25, 0.3) is 11.8 Å². The molecular formula is C23H22N4O3S. The molecular weight excluding hydrogens is 412 g/mol. The Morgan fingerprint density at radius 1 is 1.00 bits per heavy atom. The predicted molar refractivity (Wildman–Crippen MR) is 121 cm³/mol. The number of fused-ring (bicyclic) bond motifs is 1. The summed E-state index contributed by atoms with van der Waals surface area (Å²) in [5.41, 5.74) is 7.25. The first-order valence-electron chi connectivity index (χ1n) is 9.91. The lowest BCUT2D eigenvalue weighted by Crippen LogP contribution is -2.41. The highest BCUT2D eigenvalue weighted by Gasteiger charge is 2.17. The number of aromatic nitrogens is 2. The second-order valence-electron chi connectivity index (χ2n) is 6.85. The Hall–Kier alpha value is -3.65. The van der Waals surface area contributed by atoms with Crippen LogP contribution in [0.1, 0.15) is 33.4 Å². The maximum atomic E-state index is 12.6. The van der Waals surface area contributed by atoms with Crippen molar-refractivity contribution in [1.29, 1.82) is 0 Å². The van der Waals surface area contributed by atoms with E-state index in [9.17, 15) is 9.59 Å². The summed E-state index contributed by atoms with van der Waals surface area (Å²) in [6, 6.07) is 18.4. The number of hydrazine groups is 1. The predicted octanol–water partition coefficient (Wildman–Crippen LogP) is 4.26. The Morgan fingerprint density at radius 2 is 1.74 bits per heavy atom. The average Bonchev–Trinajstić information content (AvgIpc) is 3.43. The summed E-state index contributed by atoms with van der Waals surface area (Å²) < 4.78 is 7.36. The number of hydrogen-bond acceptors (Lipinski definition) is 5. The number of hydrogen-bond donors (Lipinski definition) is 2. The Bertz CT molecular complexity index is 1240. The normalized spacial score (nSPS) is 10.8. The van der Waals surface area contributed by atoms with Crippen LogP contribution >= 0.6 is 11.3 Å². The number of nitrogens with zero attached hydrogens (tertiary/aromatic N) is 2. The molecule has 0 atom stereocenters. The molecule has 0 fully saturated rings. The van der Waals surface area contributed by atoms with Crippen molar-refractivity contribution in [1.82, 2.24) is 20.4 Å². The van der Waals surface area contributed by atoms with E-state index in [-0.39, 0.29) is 0 Å². The van der Waals surface area contributed by atoms with Crippen LogP contribution in [0.15, 0.2) is 60.7 Å². The van der Waals surface area contributed by atoms with E-state index in [0.29, 0.717) is 16.2 Å². The van der Waals surface area contributed by atoms with E-state index in [1.54, 1.807) is 30.3 Å². The number of benzene rings is 2. The van der Waals surface area contributed by atoms with Crippen LogP contribution in [-0.2, 0) is 6.54 Å². The first-order chi connectivity index (χ1) is 15.1. The number of thiophene rings is 1. The number of rotatable bonds is 6. The third-order valence-corrected chi connectivity index (χ3v) is 5.87. The molecule has 0 saturated carbocycles. The Balaban J connectivity index is 1.51. The van der Waals surface area contributed by atoms with Gasteiger partial charge >= 0.3 is 0 Å². The van der Waals surface area contributed by atoms with Crippen molar-refractivity contribution < 1.29 is 14.3 Å². The number of amides is 2. The topological polar surface area (TPSA) is 85.2 Å². The van der Waals surface area contributed by atoms with Gasteiger partial charge in [-0.25, -0.2) is 4.98 Å². The summed E-state index contributed by atoms with van der Waals surface area (Å²) >= 11 is 1.33. The minimum absolute atomic E-state index is 0.338. The lowest BCUT2D eigenvalue weighted by Gasteiger charge is -2.09. The van der Waals surface area contributed by atoms with Gasteiger partial charge in [0.05, 0.1) is 33.5 Å². The molecule has 0 spiro atoms. The quantitative estimate of drug-likeness (QED) is 0.444. The zero-order valence-corrected chi connectivity index (χ0v) is 18.0. The SMILES string of the molecule is CCCn1c(-c2ccc(C(=O)NNC(=O)c3ccccc3OC)s2)nc2ccccc21. The maximum Gasteiger partial charge on any atom is 0.279 e. The monoisotopic (exact) mass is 434 g/mol. The third-order valence-electron chi connectivity index (χ3n) is 4.79. The van der Waals surface area contributed by atoms with Gasteiger partial charge in [0.15, 0.2) is 5.82 Å². The number of para-hydroxylation sites is 3. The van der Waals surface area contributed by atoms with E-state index in [4.69, 9.17) is 9.72 Å². The van der Waals surface area contributed by atoms with Gasteiger partial charge in [0.1, 0.15) is 5.75 Å². The minimum atomic E-state index is -0.452. The van der Waals surface area contributed by atoms with Gasteiger partial charge < -0.3 is 9.30 Å². The van der Waals surface area contributed by atoms with Crippen molar-refractivity contribution in [2.75, 3.05) is 7.11 Å². The highest BCUT2D eigenvalue weighted by Crippen LogP contribution is 2.30. The maximum absolute atomic E-state index is 12.6. The van der Waals surface area contributed by atoms with Crippen LogP contribution in [0, 0.1) is 0 Å². The molecule has 0 aliphatic heterocycles. The Labute approximate surface area is 183 Å². The number of aryl methyl sites for hydroxylation is 1. The van der Waals surface area contributed by atoms with Gasteiger partial charge in [-0.05, 0) is 42.8 Å². The van der Waals surface area contributed by atoms with Gasteiger partial charge in [-0.3, -0.25) is 20.4 Å². The van der Waals surface area contributed by atoms with Crippen molar-refractivity contribution >= 4 is 34.2 Å². The molecule has 2 N–H and O–H groups in total. The lowest BCUT2D eigenvalue weighted by molar-refractivity contribution is 0.0847. The fourth-order valence-corrected chi connectivity index (χ4v) is 4.27. The number of ether oxygens (including phenoxy) is 1. The van der Waals surface area contributed by atoms with Crippen LogP contribution in [0.2, 0.25) is 0 Å². The highest BCUT2D eigenvalue weighted by molar-refractivity contribution is 7.17. The van der Waals surface area contributed by atoms with Crippen molar-refractivity contribution in [2.24, 2.45) is 0 Å². The largest absolute Gasteiger partial charge is 0.496 e. The van der Waals surface area contributed by atoms with E-state index in [1.807, 2.05) is 24.3 Å². The van der Waals surface area contributed by atoms with Crippen LogP contribution in [0.3, 0.4) is 0 Å². The van der Waals surface area contributed by atoms with Crippen LogP contribution < -0.4 is 15.6 Å². The smallest absolute Gasteiger partial charge is 0.279 e. The van der Waals surface area contributed by atoms with Crippen molar-refractivity contribution in [3.05, 3.63) is 71.1 Å². The van der Waals surface area contributed by atoms with Gasteiger partial charge in [-0.1, -0.05) is 31.2 Å². The summed E-state index contributed by atoms with van der Waals surface area (Å²) in [5.74, 6) is 0.428.